The largest absolute Gasteiger partial charge is 0.394 e. The van der Waals surface area contributed by atoms with Crippen molar-refractivity contribution in [1.29, 1.82) is 0 Å². The van der Waals surface area contributed by atoms with Crippen molar-refractivity contribution in [2.75, 3.05) is 12.4 Å². The van der Waals surface area contributed by atoms with E-state index in [0.29, 0.717) is 0 Å². The van der Waals surface area contributed by atoms with Gasteiger partial charge < -0.3 is 25.2 Å². The molecule has 1 aliphatic rings. The van der Waals surface area contributed by atoms with Gasteiger partial charge in [0, 0.05) is 5.75 Å². The molecule has 21 heavy (non-hydrogen) atoms. The summed E-state index contributed by atoms with van der Waals surface area (Å²) in [6.07, 6.45) is 2.95. The predicted molar refractivity (Wildman–Crippen MR) is 87.2 cm³/mol. The molecule has 126 valence electrons. The lowest BCUT2D eigenvalue weighted by atomic mass is 10.0. The van der Waals surface area contributed by atoms with Crippen LogP contribution in [0.1, 0.15) is 45.4 Å². The molecule has 1 aliphatic heterocycles. The fraction of sp³-hybridized carbons (Fsp3) is 1.00. The van der Waals surface area contributed by atoms with Gasteiger partial charge in [0.1, 0.15) is 29.9 Å². The maximum absolute atomic E-state index is 9.87. The highest BCUT2D eigenvalue weighted by Crippen LogP contribution is 2.36. The Bertz CT molecular complexity index is 268. The Morgan fingerprint density at radius 3 is 2.24 bits per heavy atom. The summed E-state index contributed by atoms with van der Waals surface area (Å²) in [6, 6.07) is 0. The number of hydrogen-bond donors (Lipinski definition) is 4. The first-order valence-corrected chi connectivity index (χ1v) is 10.1. The van der Waals surface area contributed by atoms with Crippen LogP contribution in [0.2, 0.25) is 0 Å². The van der Waals surface area contributed by atoms with Gasteiger partial charge in [-0.05, 0) is 6.42 Å². The number of aliphatic hydroxyl groups is 4. The SMILES string of the molecule is CCCCCCCCSS[C@@H]1OC(CO)[C@H](O)C(O)C1O. The number of hydrogen-bond acceptors (Lipinski definition) is 7. The molecule has 1 fully saturated rings. The average Bonchev–Trinajstić information content (AvgIpc) is 2.49. The number of ether oxygens (including phenoxy) is 1. The van der Waals surface area contributed by atoms with Gasteiger partial charge in [-0.3, -0.25) is 0 Å². The molecule has 0 aliphatic carbocycles. The van der Waals surface area contributed by atoms with Gasteiger partial charge in [0.2, 0.25) is 0 Å². The predicted octanol–water partition coefficient (Wildman–Crippen LogP) is 1.53. The Balaban J connectivity index is 2.16. The highest BCUT2D eigenvalue weighted by Gasteiger charge is 2.43. The molecule has 3 unspecified atom stereocenters. The van der Waals surface area contributed by atoms with Gasteiger partial charge >= 0.3 is 0 Å². The summed E-state index contributed by atoms with van der Waals surface area (Å²) in [7, 11) is 2.96. The molecule has 5 nitrogen and oxygen atoms in total. The first-order chi connectivity index (χ1) is 10.1. The normalized spacial score (nSPS) is 33.3. The van der Waals surface area contributed by atoms with Gasteiger partial charge in [-0.25, -0.2) is 0 Å². The topological polar surface area (TPSA) is 90.2 Å². The number of rotatable bonds is 10. The first kappa shape index (κ1) is 19.5. The van der Waals surface area contributed by atoms with Gasteiger partial charge in [-0.15, -0.1) is 0 Å². The van der Waals surface area contributed by atoms with E-state index in [9.17, 15) is 15.3 Å². The molecule has 1 rings (SSSR count). The van der Waals surface area contributed by atoms with Crippen LogP contribution in [0.25, 0.3) is 0 Å². The molecule has 0 saturated carbocycles. The van der Waals surface area contributed by atoms with Crippen molar-refractivity contribution in [3.05, 3.63) is 0 Å². The quantitative estimate of drug-likeness (QED) is 0.354. The van der Waals surface area contributed by atoms with Gasteiger partial charge in [0.15, 0.2) is 0 Å². The van der Waals surface area contributed by atoms with Crippen molar-refractivity contribution < 1.29 is 25.2 Å². The Morgan fingerprint density at radius 2 is 1.57 bits per heavy atom. The Morgan fingerprint density at radius 1 is 0.905 bits per heavy atom. The van der Waals surface area contributed by atoms with Crippen LogP contribution in [0.15, 0.2) is 0 Å². The summed E-state index contributed by atoms with van der Waals surface area (Å²) in [6.45, 7) is 1.83. The molecule has 0 aromatic carbocycles. The third-order valence-corrected chi connectivity index (χ3v) is 6.24. The lowest BCUT2D eigenvalue weighted by Crippen LogP contribution is -2.57. The lowest BCUT2D eigenvalue weighted by Gasteiger charge is -2.39. The standard InChI is InChI=1S/C14H28O5S2/c1-2-3-4-5-6-7-8-20-21-14-13(18)12(17)11(16)10(9-15)19-14/h10-18H,2-9H2,1H3/t10?,11-,12?,13?,14-/m0/s1. The second-order valence-corrected chi connectivity index (χ2v) is 7.97. The monoisotopic (exact) mass is 340 g/mol. The zero-order valence-corrected chi connectivity index (χ0v) is 14.2. The zero-order valence-electron chi connectivity index (χ0n) is 12.6. The second kappa shape index (κ2) is 11.1. The van der Waals surface area contributed by atoms with E-state index in [-0.39, 0.29) is 6.61 Å². The van der Waals surface area contributed by atoms with E-state index in [1.165, 1.54) is 42.9 Å². The van der Waals surface area contributed by atoms with Crippen LogP contribution in [-0.4, -0.2) is 62.6 Å². The number of unbranched alkanes of at least 4 members (excludes halogenated alkanes) is 5. The highest BCUT2D eigenvalue weighted by atomic mass is 33.1. The van der Waals surface area contributed by atoms with Crippen molar-refractivity contribution in [3.8, 4) is 0 Å². The van der Waals surface area contributed by atoms with Crippen LogP contribution in [-0.2, 0) is 4.74 Å². The summed E-state index contributed by atoms with van der Waals surface area (Å²) in [5.41, 5.74) is -0.620. The Hall–Kier alpha value is 0.500. The van der Waals surface area contributed by atoms with Gasteiger partial charge in [-0.1, -0.05) is 60.6 Å². The second-order valence-electron chi connectivity index (χ2n) is 5.38. The van der Waals surface area contributed by atoms with E-state index in [1.807, 2.05) is 0 Å². The molecule has 0 radical (unpaired) electrons. The van der Waals surface area contributed by atoms with Crippen molar-refractivity contribution >= 4 is 21.6 Å². The number of aliphatic hydroxyl groups excluding tert-OH is 4. The minimum atomic E-state index is -1.27. The summed E-state index contributed by atoms with van der Waals surface area (Å²) < 4.78 is 5.42. The minimum absolute atomic E-state index is 0.371. The third kappa shape index (κ3) is 6.64. The molecule has 0 aromatic rings. The van der Waals surface area contributed by atoms with Crippen molar-refractivity contribution in [3.63, 3.8) is 0 Å². The molecule has 1 saturated heterocycles. The van der Waals surface area contributed by atoms with E-state index >= 15 is 0 Å². The molecule has 0 bridgehead atoms. The molecule has 7 heteroatoms. The third-order valence-electron chi connectivity index (χ3n) is 3.59. The van der Waals surface area contributed by atoms with Crippen LogP contribution in [0.3, 0.4) is 0 Å². The van der Waals surface area contributed by atoms with Crippen LogP contribution < -0.4 is 0 Å². The maximum atomic E-state index is 9.87. The van der Waals surface area contributed by atoms with Crippen LogP contribution >= 0.6 is 21.6 Å². The van der Waals surface area contributed by atoms with E-state index in [1.54, 1.807) is 10.8 Å². The molecule has 0 aromatic heterocycles. The fourth-order valence-corrected chi connectivity index (χ4v) is 4.74. The Kier molecular flexibility index (Phi) is 10.3. The summed E-state index contributed by atoms with van der Waals surface area (Å²) in [4.78, 5) is 0. The van der Waals surface area contributed by atoms with E-state index in [2.05, 4.69) is 6.92 Å². The molecule has 5 atom stereocenters. The lowest BCUT2D eigenvalue weighted by molar-refractivity contribution is -0.205. The van der Waals surface area contributed by atoms with Gasteiger partial charge in [0.25, 0.3) is 0 Å². The molecular formula is C14H28O5S2. The molecule has 1 heterocycles. The molecule has 0 spiro atoms. The van der Waals surface area contributed by atoms with Crippen molar-refractivity contribution in [2.24, 2.45) is 0 Å². The van der Waals surface area contributed by atoms with Crippen LogP contribution in [0, 0.1) is 0 Å². The molecular weight excluding hydrogens is 312 g/mol. The summed E-state index contributed by atoms with van der Waals surface area (Å²) >= 11 is 0. The molecule has 0 amide bonds. The fourth-order valence-electron chi connectivity index (χ4n) is 2.20. The zero-order chi connectivity index (χ0) is 15.7. The smallest absolute Gasteiger partial charge is 0.142 e. The summed E-state index contributed by atoms with van der Waals surface area (Å²) in [5, 5.41) is 38.3. The first-order valence-electron chi connectivity index (χ1n) is 7.70. The van der Waals surface area contributed by atoms with Crippen molar-refractivity contribution in [1.82, 2.24) is 0 Å². The van der Waals surface area contributed by atoms with Gasteiger partial charge in [-0.2, -0.15) is 0 Å². The van der Waals surface area contributed by atoms with Crippen molar-refractivity contribution in [2.45, 2.75) is 75.3 Å². The van der Waals surface area contributed by atoms with Crippen LogP contribution in [0.4, 0.5) is 0 Å². The Labute approximate surface area is 134 Å². The van der Waals surface area contributed by atoms with E-state index in [0.717, 1.165) is 12.2 Å². The maximum Gasteiger partial charge on any atom is 0.142 e. The minimum Gasteiger partial charge on any atom is -0.394 e. The highest BCUT2D eigenvalue weighted by molar-refractivity contribution is 8.76. The average molecular weight is 341 g/mol. The van der Waals surface area contributed by atoms with Crippen LogP contribution in [0.5, 0.6) is 0 Å². The molecule has 4 N–H and O–H groups in total. The van der Waals surface area contributed by atoms with E-state index < -0.39 is 29.9 Å². The summed E-state index contributed by atoms with van der Waals surface area (Å²) in [5.74, 6) is 0.964. The van der Waals surface area contributed by atoms with E-state index in [4.69, 9.17) is 9.84 Å². The van der Waals surface area contributed by atoms with Gasteiger partial charge in [0.05, 0.1) is 6.61 Å².